The van der Waals surface area contributed by atoms with Crippen molar-refractivity contribution in [2.45, 2.75) is 20.8 Å². The topological polar surface area (TPSA) is 87.3 Å². The third-order valence-electron chi connectivity index (χ3n) is 2.82. The third kappa shape index (κ3) is 3.47. The first-order valence-electron chi connectivity index (χ1n) is 6.56. The molecule has 0 bridgehead atoms. The molecule has 2 N–H and O–H groups in total. The summed E-state index contributed by atoms with van der Waals surface area (Å²) >= 11 is 0. The van der Waals surface area contributed by atoms with Crippen molar-refractivity contribution >= 4 is 11.7 Å². The van der Waals surface area contributed by atoms with Crippen LogP contribution in [-0.4, -0.2) is 22.5 Å². The molecule has 21 heavy (non-hydrogen) atoms. The van der Waals surface area contributed by atoms with Crippen LogP contribution in [0.15, 0.2) is 24.4 Å². The Balaban J connectivity index is 2.22. The van der Waals surface area contributed by atoms with Crippen LogP contribution in [0.2, 0.25) is 0 Å². The minimum absolute atomic E-state index is 0.135. The van der Waals surface area contributed by atoms with Gasteiger partial charge in [-0.15, -0.1) is 0 Å². The number of carbonyl (C=O) groups is 1. The number of rotatable bonds is 4. The van der Waals surface area contributed by atoms with Crippen molar-refractivity contribution in [1.82, 2.24) is 9.97 Å². The van der Waals surface area contributed by atoms with Gasteiger partial charge in [0.05, 0.1) is 23.6 Å². The van der Waals surface area contributed by atoms with Crippen LogP contribution in [-0.2, 0) is 4.74 Å². The van der Waals surface area contributed by atoms with Crippen molar-refractivity contribution in [1.29, 1.82) is 0 Å². The Bertz CT molecular complexity index is 671. The smallest absolute Gasteiger partial charge is 0.341 e. The van der Waals surface area contributed by atoms with Crippen molar-refractivity contribution < 1.29 is 14.3 Å². The summed E-state index contributed by atoms with van der Waals surface area (Å²) in [5.74, 6) is 0.0280. The highest BCUT2D eigenvalue weighted by Crippen LogP contribution is 2.26. The molecular formula is C15H17N3O3. The normalized spacial score (nSPS) is 10.2. The lowest BCUT2D eigenvalue weighted by Crippen LogP contribution is -2.09. The molecule has 0 aliphatic heterocycles. The van der Waals surface area contributed by atoms with Gasteiger partial charge in [0.1, 0.15) is 0 Å². The summed E-state index contributed by atoms with van der Waals surface area (Å²) in [4.78, 5) is 19.8. The maximum Gasteiger partial charge on any atom is 0.341 e. The Morgan fingerprint density at radius 3 is 2.71 bits per heavy atom. The predicted molar refractivity (Wildman–Crippen MR) is 78.4 cm³/mol. The summed E-state index contributed by atoms with van der Waals surface area (Å²) in [6, 6.07) is 5.57. The summed E-state index contributed by atoms with van der Waals surface area (Å²) < 4.78 is 10.5. The van der Waals surface area contributed by atoms with Gasteiger partial charge in [-0.2, -0.15) is 4.98 Å². The van der Waals surface area contributed by atoms with Gasteiger partial charge in [-0.3, -0.25) is 0 Å². The average Bonchev–Trinajstić information content (AvgIpc) is 2.42. The number of hydrogen-bond donors (Lipinski definition) is 1. The van der Waals surface area contributed by atoms with E-state index < -0.39 is 5.97 Å². The predicted octanol–water partition coefficient (Wildman–Crippen LogP) is 2.64. The Hall–Kier alpha value is -2.63. The number of anilines is 1. The molecule has 0 saturated heterocycles. The van der Waals surface area contributed by atoms with Crippen LogP contribution < -0.4 is 10.5 Å². The zero-order valence-corrected chi connectivity index (χ0v) is 12.2. The van der Waals surface area contributed by atoms with Crippen molar-refractivity contribution in [3.8, 4) is 11.8 Å². The molecule has 0 amide bonds. The van der Waals surface area contributed by atoms with E-state index in [2.05, 4.69) is 9.97 Å². The molecule has 2 rings (SSSR count). The molecule has 0 fully saturated rings. The summed E-state index contributed by atoms with van der Waals surface area (Å²) in [6.45, 7) is 5.68. The van der Waals surface area contributed by atoms with Gasteiger partial charge in [-0.25, -0.2) is 9.78 Å². The maximum atomic E-state index is 11.7. The average molecular weight is 287 g/mol. The zero-order valence-electron chi connectivity index (χ0n) is 12.2. The number of esters is 1. The van der Waals surface area contributed by atoms with Crippen LogP contribution in [0, 0.1) is 13.8 Å². The van der Waals surface area contributed by atoms with E-state index in [1.807, 2.05) is 13.0 Å². The minimum Gasteiger partial charge on any atom is -0.462 e. The van der Waals surface area contributed by atoms with Gasteiger partial charge in [-0.05, 0) is 38.5 Å². The maximum absolute atomic E-state index is 11.7. The number of carbonyl (C=O) groups excluding carboxylic acids is 1. The molecule has 1 aromatic carbocycles. The van der Waals surface area contributed by atoms with Gasteiger partial charge in [-0.1, -0.05) is 6.07 Å². The molecule has 0 radical (unpaired) electrons. The molecule has 0 aliphatic rings. The quantitative estimate of drug-likeness (QED) is 0.687. The van der Waals surface area contributed by atoms with Gasteiger partial charge in [0.25, 0.3) is 0 Å². The number of aromatic nitrogens is 2. The number of ether oxygens (including phenoxy) is 2. The van der Waals surface area contributed by atoms with Crippen molar-refractivity contribution in [3.63, 3.8) is 0 Å². The minimum atomic E-state index is -0.448. The SMILES string of the molecule is CCOC(=O)c1cnc(Oc2ccc(C)cc2N)nc1C. The summed E-state index contributed by atoms with van der Waals surface area (Å²) in [5.41, 5.74) is 8.22. The van der Waals surface area contributed by atoms with Crippen LogP contribution in [0.1, 0.15) is 28.5 Å². The second-order valence-corrected chi connectivity index (χ2v) is 4.52. The van der Waals surface area contributed by atoms with Crippen LogP contribution in [0.3, 0.4) is 0 Å². The third-order valence-corrected chi connectivity index (χ3v) is 2.82. The summed E-state index contributed by atoms with van der Waals surface area (Å²) in [7, 11) is 0. The van der Waals surface area contributed by atoms with Crippen molar-refractivity contribution in [2.75, 3.05) is 12.3 Å². The fraction of sp³-hybridized carbons (Fsp3) is 0.267. The van der Waals surface area contributed by atoms with E-state index in [0.717, 1.165) is 5.56 Å². The van der Waals surface area contributed by atoms with E-state index in [1.54, 1.807) is 26.0 Å². The lowest BCUT2D eigenvalue weighted by Gasteiger charge is -2.09. The standard InChI is InChI=1S/C15H17N3O3/c1-4-20-14(19)11-8-17-15(18-10(11)3)21-13-6-5-9(2)7-12(13)16/h5-8H,4,16H2,1-3H3. The highest BCUT2D eigenvalue weighted by Gasteiger charge is 2.14. The van der Waals surface area contributed by atoms with E-state index in [-0.39, 0.29) is 6.01 Å². The van der Waals surface area contributed by atoms with E-state index >= 15 is 0 Å². The Kier molecular flexibility index (Phi) is 4.37. The number of hydrogen-bond acceptors (Lipinski definition) is 6. The van der Waals surface area contributed by atoms with Crippen LogP contribution in [0.25, 0.3) is 0 Å². The Morgan fingerprint density at radius 1 is 1.33 bits per heavy atom. The van der Waals surface area contributed by atoms with Gasteiger partial charge < -0.3 is 15.2 Å². The van der Waals surface area contributed by atoms with E-state index in [1.165, 1.54) is 6.20 Å². The van der Waals surface area contributed by atoms with Gasteiger partial charge >= 0.3 is 12.0 Å². The van der Waals surface area contributed by atoms with E-state index in [9.17, 15) is 4.79 Å². The van der Waals surface area contributed by atoms with Crippen molar-refractivity contribution in [2.24, 2.45) is 0 Å². The molecular weight excluding hydrogens is 270 g/mol. The van der Waals surface area contributed by atoms with Gasteiger partial charge in [0, 0.05) is 6.20 Å². The lowest BCUT2D eigenvalue weighted by molar-refractivity contribution is 0.0524. The molecule has 0 spiro atoms. The molecule has 1 heterocycles. The monoisotopic (exact) mass is 287 g/mol. The molecule has 1 aromatic heterocycles. The number of nitrogens with zero attached hydrogens (tertiary/aromatic N) is 2. The molecule has 0 saturated carbocycles. The first kappa shape index (κ1) is 14.8. The summed E-state index contributed by atoms with van der Waals surface area (Å²) in [5, 5.41) is 0. The molecule has 6 heteroatoms. The van der Waals surface area contributed by atoms with Crippen LogP contribution in [0.5, 0.6) is 11.8 Å². The second kappa shape index (κ2) is 6.21. The molecule has 2 aromatic rings. The zero-order chi connectivity index (χ0) is 15.4. The molecule has 110 valence electrons. The molecule has 6 nitrogen and oxygen atoms in total. The number of nitrogens with two attached hydrogens (primary N) is 1. The van der Waals surface area contributed by atoms with Crippen LogP contribution >= 0.6 is 0 Å². The first-order chi connectivity index (χ1) is 10.0. The summed E-state index contributed by atoms with van der Waals surface area (Å²) in [6.07, 6.45) is 1.39. The highest BCUT2D eigenvalue weighted by molar-refractivity contribution is 5.90. The molecule has 0 aliphatic carbocycles. The Morgan fingerprint density at radius 2 is 2.10 bits per heavy atom. The van der Waals surface area contributed by atoms with Gasteiger partial charge in [0.15, 0.2) is 5.75 Å². The van der Waals surface area contributed by atoms with E-state index in [4.69, 9.17) is 15.2 Å². The van der Waals surface area contributed by atoms with Crippen molar-refractivity contribution in [3.05, 3.63) is 41.2 Å². The number of benzene rings is 1. The number of aryl methyl sites for hydroxylation is 2. The first-order valence-corrected chi connectivity index (χ1v) is 6.56. The second-order valence-electron chi connectivity index (χ2n) is 4.52. The fourth-order valence-electron chi connectivity index (χ4n) is 1.76. The van der Waals surface area contributed by atoms with Gasteiger partial charge in [0.2, 0.25) is 0 Å². The number of nitrogen functional groups attached to an aromatic ring is 1. The highest BCUT2D eigenvalue weighted by atomic mass is 16.5. The lowest BCUT2D eigenvalue weighted by atomic mass is 10.2. The van der Waals surface area contributed by atoms with E-state index in [0.29, 0.717) is 29.3 Å². The largest absolute Gasteiger partial charge is 0.462 e. The fourth-order valence-corrected chi connectivity index (χ4v) is 1.76. The molecule has 0 unspecified atom stereocenters. The Labute approximate surface area is 122 Å². The molecule has 0 atom stereocenters. The van der Waals surface area contributed by atoms with Crippen LogP contribution in [0.4, 0.5) is 5.69 Å².